The highest BCUT2D eigenvalue weighted by atomic mass is 35.5. The largest absolute Gasteiger partial charge is 0.335 e. The molecule has 2 rings (SSSR count). The minimum Gasteiger partial charge on any atom is -0.335 e. The number of halogens is 3. The molecule has 19 heavy (non-hydrogen) atoms. The molecule has 0 aromatic heterocycles. The summed E-state index contributed by atoms with van der Waals surface area (Å²) in [4.78, 5) is 13.7. The van der Waals surface area contributed by atoms with E-state index in [4.69, 9.17) is 11.6 Å². The van der Waals surface area contributed by atoms with Gasteiger partial charge in [-0.25, -0.2) is 8.78 Å². The number of amides is 1. The molecule has 104 valence electrons. The van der Waals surface area contributed by atoms with E-state index in [1.807, 2.05) is 30.3 Å². The van der Waals surface area contributed by atoms with Crippen LogP contribution in [0.15, 0.2) is 30.3 Å². The number of nitrogens with zero attached hydrogens (tertiary/aromatic N) is 1. The molecule has 0 aliphatic heterocycles. The van der Waals surface area contributed by atoms with E-state index in [1.165, 1.54) is 4.90 Å². The molecule has 1 amide bonds. The second-order valence-electron chi connectivity index (χ2n) is 4.78. The summed E-state index contributed by atoms with van der Waals surface area (Å²) in [7, 11) is 0. The Morgan fingerprint density at radius 3 is 2.42 bits per heavy atom. The molecular formula is C14H16ClF2NO. The molecule has 1 aliphatic rings. The standard InChI is InChI=1S/C14H16ClF2NO/c15-8-9-18(10-12(16)17)13(19)14(6-7-14)11-4-2-1-3-5-11/h1-5,12H,6-10H2. The van der Waals surface area contributed by atoms with Gasteiger partial charge in [-0.2, -0.15) is 0 Å². The van der Waals surface area contributed by atoms with Gasteiger partial charge < -0.3 is 4.90 Å². The third-order valence-corrected chi connectivity index (χ3v) is 3.65. The van der Waals surface area contributed by atoms with Gasteiger partial charge in [0, 0.05) is 12.4 Å². The summed E-state index contributed by atoms with van der Waals surface area (Å²) in [6.45, 7) is -0.376. The van der Waals surface area contributed by atoms with Gasteiger partial charge in [0.05, 0.1) is 12.0 Å². The predicted octanol–water partition coefficient (Wildman–Crippen LogP) is 3.05. The summed E-state index contributed by atoms with van der Waals surface area (Å²) in [5.41, 5.74) is 0.316. The minimum absolute atomic E-state index is 0.166. The van der Waals surface area contributed by atoms with E-state index in [-0.39, 0.29) is 18.3 Å². The summed E-state index contributed by atoms with van der Waals surface area (Å²) in [6, 6.07) is 9.36. The van der Waals surface area contributed by atoms with E-state index in [2.05, 4.69) is 0 Å². The molecule has 1 aromatic carbocycles. The number of hydrogen-bond acceptors (Lipinski definition) is 1. The van der Waals surface area contributed by atoms with Crippen LogP contribution < -0.4 is 0 Å². The lowest BCUT2D eigenvalue weighted by molar-refractivity contribution is -0.135. The molecule has 0 spiro atoms. The Kier molecular flexibility index (Phi) is 4.40. The number of hydrogen-bond donors (Lipinski definition) is 0. The lowest BCUT2D eigenvalue weighted by Gasteiger charge is -2.26. The first-order chi connectivity index (χ1) is 9.10. The molecule has 5 heteroatoms. The first-order valence-electron chi connectivity index (χ1n) is 6.29. The zero-order valence-corrected chi connectivity index (χ0v) is 11.2. The summed E-state index contributed by atoms with van der Waals surface area (Å²) in [5, 5.41) is 0. The molecule has 0 radical (unpaired) electrons. The van der Waals surface area contributed by atoms with Crippen molar-refractivity contribution in [3.8, 4) is 0 Å². The van der Waals surface area contributed by atoms with Crippen molar-refractivity contribution < 1.29 is 13.6 Å². The van der Waals surface area contributed by atoms with Crippen molar-refractivity contribution in [2.45, 2.75) is 24.7 Å². The van der Waals surface area contributed by atoms with E-state index < -0.39 is 18.4 Å². The Labute approximate surface area is 116 Å². The van der Waals surface area contributed by atoms with Gasteiger partial charge >= 0.3 is 0 Å². The Morgan fingerprint density at radius 2 is 1.95 bits per heavy atom. The molecule has 1 saturated carbocycles. The molecule has 0 unspecified atom stereocenters. The normalized spacial score (nSPS) is 16.4. The van der Waals surface area contributed by atoms with Gasteiger partial charge in [0.25, 0.3) is 6.43 Å². The first-order valence-corrected chi connectivity index (χ1v) is 6.82. The zero-order chi connectivity index (χ0) is 13.9. The van der Waals surface area contributed by atoms with Crippen molar-refractivity contribution in [3.63, 3.8) is 0 Å². The molecular weight excluding hydrogens is 272 g/mol. The van der Waals surface area contributed by atoms with Gasteiger partial charge in [0.15, 0.2) is 0 Å². The summed E-state index contributed by atoms with van der Waals surface area (Å²) < 4.78 is 25.1. The smallest absolute Gasteiger partial charge is 0.255 e. The van der Waals surface area contributed by atoms with Crippen molar-refractivity contribution in [1.82, 2.24) is 4.90 Å². The van der Waals surface area contributed by atoms with Gasteiger partial charge in [-0.3, -0.25) is 4.79 Å². The number of alkyl halides is 3. The van der Waals surface area contributed by atoms with Crippen molar-refractivity contribution in [1.29, 1.82) is 0 Å². The topological polar surface area (TPSA) is 20.3 Å². The second kappa shape index (κ2) is 5.87. The molecule has 1 fully saturated rings. The maximum absolute atomic E-state index is 12.5. The lowest BCUT2D eigenvalue weighted by atomic mass is 9.94. The van der Waals surface area contributed by atoms with E-state index in [1.54, 1.807) is 0 Å². The van der Waals surface area contributed by atoms with Crippen LogP contribution in [0.1, 0.15) is 18.4 Å². The third kappa shape index (κ3) is 3.06. The summed E-state index contributed by atoms with van der Waals surface area (Å²) >= 11 is 5.60. The van der Waals surface area contributed by atoms with E-state index in [9.17, 15) is 13.6 Å². The lowest BCUT2D eigenvalue weighted by Crippen LogP contribution is -2.43. The Hall–Kier alpha value is -1.16. The van der Waals surface area contributed by atoms with Crippen LogP contribution in [0.25, 0.3) is 0 Å². The maximum Gasteiger partial charge on any atom is 0.255 e. The third-order valence-electron chi connectivity index (χ3n) is 3.49. The van der Waals surface area contributed by atoms with Gasteiger partial charge in [0.2, 0.25) is 5.91 Å². The quantitative estimate of drug-likeness (QED) is 0.737. The molecule has 0 atom stereocenters. The van der Waals surface area contributed by atoms with Crippen LogP contribution in [0.2, 0.25) is 0 Å². The number of carbonyl (C=O) groups excluding carboxylic acids is 1. The Morgan fingerprint density at radius 1 is 1.32 bits per heavy atom. The van der Waals surface area contributed by atoms with Crippen molar-refractivity contribution in [2.24, 2.45) is 0 Å². The molecule has 1 aliphatic carbocycles. The Bertz CT molecular complexity index is 434. The minimum atomic E-state index is -2.53. The van der Waals surface area contributed by atoms with Crippen LogP contribution >= 0.6 is 11.6 Å². The van der Waals surface area contributed by atoms with Crippen molar-refractivity contribution >= 4 is 17.5 Å². The number of carbonyl (C=O) groups is 1. The fourth-order valence-electron chi connectivity index (χ4n) is 2.36. The van der Waals surface area contributed by atoms with E-state index >= 15 is 0 Å². The van der Waals surface area contributed by atoms with Crippen LogP contribution in [0.4, 0.5) is 8.78 Å². The fraction of sp³-hybridized carbons (Fsp3) is 0.500. The number of rotatable bonds is 6. The SMILES string of the molecule is O=C(N(CCCl)CC(F)F)C1(c2ccccc2)CC1. The van der Waals surface area contributed by atoms with Crippen LogP contribution in [-0.2, 0) is 10.2 Å². The van der Waals surface area contributed by atoms with Gasteiger partial charge in [-0.05, 0) is 18.4 Å². The molecule has 0 bridgehead atoms. The van der Waals surface area contributed by atoms with Crippen LogP contribution in [0.5, 0.6) is 0 Å². The van der Waals surface area contributed by atoms with Gasteiger partial charge in [0.1, 0.15) is 0 Å². The van der Waals surface area contributed by atoms with Crippen molar-refractivity contribution in [2.75, 3.05) is 19.0 Å². The monoisotopic (exact) mass is 287 g/mol. The van der Waals surface area contributed by atoms with Crippen LogP contribution in [0, 0.1) is 0 Å². The van der Waals surface area contributed by atoms with Crippen LogP contribution in [-0.4, -0.2) is 36.2 Å². The first kappa shape index (κ1) is 14.3. The molecule has 0 N–H and O–H groups in total. The summed E-state index contributed by atoms with van der Waals surface area (Å²) in [5.74, 6) is -0.0526. The summed E-state index contributed by atoms with van der Waals surface area (Å²) in [6.07, 6.45) is -1.09. The predicted molar refractivity (Wildman–Crippen MR) is 70.7 cm³/mol. The highest BCUT2D eigenvalue weighted by molar-refractivity contribution is 6.18. The van der Waals surface area contributed by atoms with Gasteiger partial charge in [-0.15, -0.1) is 11.6 Å². The van der Waals surface area contributed by atoms with Crippen LogP contribution in [0.3, 0.4) is 0 Å². The molecule has 1 aromatic rings. The van der Waals surface area contributed by atoms with Gasteiger partial charge in [-0.1, -0.05) is 30.3 Å². The maximum atomic E-state index is 12.5. The highest BCUT2D eigenvalue weighted by Gasteiger charge is 2.52. The Balaban J connectivity index is 2.17. The zero-order valence-electron chi connectivity index (χ0n) is 10.5. The molecule has 0 heterocycles. The fourth-order valence-corrected chi connectivity index (χ4v) is 2.56. The van der Waals surface area contributed by atoms with Crippen molar-refractivity contribution in [3.05, 3.63) is 35.9 Å². The average molecular weight is 288 g/mol. The molecule has 2 nitrogen and oxygen atoms in total. The second-order valence-corrected chi connectivity index (χ2v) is 5.16. The number of benzene rings is 1. The van der Waals surface area contributed by atoms with E-state index in [0.717, 1.165) is 18.4 Å². The highest BCUT2D eigenvalue weighted by Crippen LogP contribution is 2.49. The molecule has 0 saturated heterocycles. The average Bonchev–Trinajstić information content (AvgIpc) is 3.19. The van der Waals surface area contributed by atoms with E-state index in [0.29, 0.717) is 0 Å².